The molecule has 0 aliphatic carbocycles. The van der Waals surface area contributed by atoms with Crippen LogP contribution in [0.2, 0.25) is 0 Å². The Balaban J connectivity index is 2.17. The smallest absolute Gasteiger partial charge is 0.236 e. The molecule has 4 nitrogen and oxygen atoms in total. The van der Waals surface area contributed by atoms with Crippen molar-refractivity contribution in [2.24, 2.45) is 0 Å². The van der Waals surface area contributed by atoms with Gasteiger partial charge in [0.1, 0.15) is 5.75 Å². The number of methoxy groups -OCH3 is 1. The number of carbonyl (C=O) groups is 1. The van der Waals surface area contributed by atoms with Crippen molar-refractivity contribution in [2.75, 3.05) is 34.3 Å². The molecule has 0 spiro atoms. The van der Waals surface area contributed by atoms with Crippen LogP contribution in [0.1, 0.15) is 24.4 Å². The van der Waals surface area contributed by atoms with E-state index in [0.717, 1.165) is 25.1 Å². The molecule has 2 atom stereocenters. The average molecular weight is 355 g/mol. The highest BCUT2D eigenvalue weighted by molar-refractivity contribution is 9.10. The molecule has 1 aliphatic rings. The minimum atomic E-state index is -0.0284. The first-order valence-electron chi connectivity index (χ1n) is 7.26. The molecular weight excluding hydrogens is 332 g/mol. The Morgan fingerprint density at radius 1 is 1.48 bits per heavy atom. The van der Waals surface area contributed by atoms with Crippen LogP contribution in [-0.4, -0.2) is 54.8 Å². The molecule has 0 bridgehead atoms. The summed E-state index contributed by atoms with van der Waals surface area (Å²) in [6.45, 7) is 1.55. The van der Waals surface area contributed by atoms with Gasteiger partial charge in [-0.15, -0.1) is 0 Å². The number of likely N-dealkylation sites (N-methyl/N-ethyl adjacent to an activating group) is 1. The van der Waals surface area contributed by atoms with Crippen molar-refractivity contribution in [3.05, 3.63) is 29.8 Å². The van der Waals surface area contributed by atoms with Crippen molar-refractivity contribution in [2.45, 2.75) is 23.7 Å². The summed E-state index contributed by atoms with van der Waals surface area (Å²) in [7, 11) is 5.77. The molecule has 21 heavy (non-hydrogen) atoms. The Bertz CT molecular complexity index is 493. The maximum atomic E-state index is 12.3. The molecule has 116 valence electrons. The Morgan fingerprint density at radius 3 is 2.90 bits per heavy atom. The van der Waals surface area contributed by atoms with E-state index in [4.69, 9.17) is 4.74 Å². The lowest BCUT2D eigenvalue weighted by Crippen LogP contribution is -2.45. The number of carbonyl (C=O) groups excluding carboxylic acids is 1. The SMILES string of the molecule is COc1cccc(C(CN2CCCC(Br)C2=O)N(C)C)c1. The van der Waals surface area contributed by atoms with Gasteiger partial charge in [-0.25, -0.2) is 0 Å². The first kappa shape index (κ1) is 16.3. The van der Waals surface area contributed by atoms with Gasteiger partial charge in [-0.2, -0.15) is 0 Å². The topological polar surface area (TPSA) is 32.8 Å². The number of likely N-dealkylation sites (tertiary alicyclic amines) is 1. The number of piperidine rings is 1. The number of nitrogens with zero attached hydrogens (tertiary/aromatic N) is 2. The van der Waals surface area contributed by atoms with Gasteiger partial charge in [0.2, 0.25) is 5.91 Å². The molecule has 1 aromatic carbocycles. The van der Waals surface area contributed by atoms with E-state index in [2.05, 4.69) is 26.9 Å². The molecule has 0 saturated carbocycles. The second-order valence-electron chi connectivity index (χ2n) is 5.65. The standard InChI is InChI=1S/C16H23BrN2O2/c1-18(2)15(12-6-4-7-13(10-12)21-3)11-19-9-5-8-14(17)16(19)20/h4,6-7,10,14-15H,5,8-9,11H2,1-3H3. The van der Waals surface area contributed by atoms with Gasteiger partial charge in [-0.3, -0.25) is 4.79 Å². The molecule has 0 N–H and O–H groups in total. The zero-order chi connectivity index (χ0) is 15.4. The van der Waals surface area contributed by atoms with Crippen molar-refractivity contribution >= 4 is 21.8 Å². The van der Waals surface area contributed by atoms with Crippen molar-refractivity contribution in [3.63, 3.8) is 0 Å². The van der Waals surface area contributed by atoms with Crippen LogP contribution in [0.4, 0.5) is 0 Å². The summed E-state index contributed by atoms with van der Waals surface area (Å²) in [5.41, 5.74) is 1.17. The Hall–Kier alpha value is -1.07. The third kappa shape index (κ3) is 3.98. The molecule has 5 heteroatoms. The number of alkyl halides is 1. The first-order chi connectivity index (χ1) is 10.0. The Kier molecular flexibility index (Phi) is 5.65. The van der Waals surface area contributed by atoms with Crippen LogP contribution in [-0.2, 0) is 4.79 Å². The highest BCUT2D eigenvalue weighted by Crippen LogP contribution is 2.26. The van der Waals surface area contributed by atoms with E-state index in [9.17, 15) is 4.79 Å². The Labute approximate surface area is 135 Å². The molecule has 1 amide bonds. The van der Waals surface area contributed by atoms with E-state index in [1.807, 2.05) is 37.2 Å². The monoisotopic (exact) mass is 354 g/mol. The molecule has 2 rings (SSSR count). The van der Waals surface area contributed by atoms with Gasteiger partial charge in [0, 0.05) is 13.1 Å². The van der Waals surface area contributed by atoms with Gasteiger partial charge in [0.25, 0.3) is 0 Å². The van der Waals surface area contributed by atoms with Crippen LogP contribution < -0.4 is 4.74 Å². The molecular formula is C16H23BrN2O2. The van der Waals surface area contributed by atoms with Crippen LogP contribution in [0.15, 0.2) is 24.3 Å². The van der Waals surface area contributed by atoms with E-state index in [-0.39, 0.29) is 16.8 Å². The fourth-order valence-corrected chi connectivity index (χ4v) is 3.31. The molecule has 1 aliphatic heterocycles. The summed E-state index contributed by atoms with van der Waals surface area (Å²) in [4.78, 5) is 16.4. The minimum Gasteiger partial charge on any atom is -0.497 e. The second kappa shape index (κ2) is 7.27. The molecule has 0 aromatic heterocycles. The summed E-state index contributed by atoms with van der Waals surface area (Å²) in [5.74, 6) is 1.05. The zero-order valence-corrected chi connectivity index (χ0v) is 14.5. The maximum absolute atomic E-state index is 12.3. The first-order valence-corrected chi connectivity index (χ1v) is 8.17. The number of halogens is 1. The van der Waals surface area contributed by atoms with Gasteiger partial charge >= 0.3 is 0 Å². The lowest BCUT2D eigenvalue weighted by molar-refractivity contribution is -0.133. The van der Waals surface area contributed by atoms with Crippen molar-refractivity contribution in [1.29, 1.82) is 0 Å². The summed E-state index contributed by atoms with van der Waals surface area (Å²) in [6.07, 6.45) is 1.99. The zero-order valence-electron chi connectivity index (χ0n) is 12.9. The maximum Gasteiger partial charge on any atom is 0.236 e. The van der Waals surface area contributed by atoms with E-state index < -0.39 is 0 Å². The van der Waals surface area contributed by atoms with Gasteiger partial charge in [0.15, 0.2) is 0 Å². The highest BCUT2D eigenvalue weighted by atomic mass is 79.9. The molecule has 1 heterocycles. The quantitative estimate of drug-likeness (QED) is 0.762. The number of hydrogen-bond acceptors (Lipinski definition) is 3. The number of benzene rings is 1. The van der Waals surface area contributed by atoms with E-state index >= 15 is 0 Å². The number of hydrogen-bond donors (Lipinski definition) is 0. The summed E-state index contributed by atoms with van der Waals surface area (Å²) in [6, 6.07) is 8.24. The van der Waals surface area contributed by atoms with Gasteiger partial charge in [-0.1, -0.05) is 28.1 Å². The van der Waals surface area contributed by atoms with E-state index in [1.54, 1.807) is 7.11 Å². The molecule has 1 aromatic rings. The number of ether oxygens (including phenoxy) is 1. The van der Waals surface area contributed by atoms with Gasteiger partial charge < -0.3 is 14.5 Å². The van der Waals surface area contributed by atoms with Gasteiger partial charge in [0.05, 0.1) is 18.0 Å². The van der Waals surface area contributed by atoms with Crippen molar-refractivity contribution in [1.82, 2.24) is 9.80 Å². The van der Waals surface area contributed by atoms with Crippen LogP contribution in [0.3, 0.4) is 0 Å². The summed E-state index contributed by atoms with van der Waals surface area (Å²) < 4.78 is 5.31. The van der Waals surface area contributed by atoms with Crippen LogP contribution in [0.5, 0.6) is 5.75 Å². The average Bonchev–Trinajstić information content (AvgIpc) is 2.48. The van der Waals surface area contributed by atoms with Crippen LogP contribution in [0.25, 0.3) is 0 Å². The van der Waals surface area contributed by atoms with Crippen LogP contribution in [0, 0.1) is 0 Å². The predicted molar refractivity (Wildman–Crippen MR) is 88.0 cm³/mol. The summed E-state index contributed by atoms with van der Waals surface area (Å²) in [5, 5.41) is 0. The fraction of sp³-hybridized carbons (Fsp3) is 0.562. The lowest BCUT2D eigenvalue weighted by atomic mass is 10.0. The van der Waals surface area contributed by atoms with Gasteiger partial charge in [-0.05, 0) is 44.6 Å². The summed E-state index contributed by atoms with van der Waals surface area (Å²) >= 11 is 3.48. The van der Waals surface area contributed by atoms with E-state index in [0.29, 0.717) is 6.54 Å². The largest absolute Gasteiger partial charge is 0.497 e. The highest BCUT2D eigenvalue weighted by Gasteiger charge is 2.29. The second-order valence-corrected chi connectivity index (χ2v) is 6.76. The normalized spacial score (nSPS) is 20.7. The Morgan fingerprint density at radius 2 is 2.24 bits per heavy atom. The third-order valence-corrected chi connectivity index (χ3v) is 4.81. The van der Waals surface area contributed by atoms with Crippen molar-refractivity contribution in [3.8, 4) is 5.75 Å². The van der Waals surface area contributed by atoms with Crippen LogP contribution >= 0.6 is 15.9 Å². The molecule has 2 unspecified atom stereocenters. The molecule has 1 saturated heterocycles. The number of rotatable bonds is 5. The lowest BCUT2D eigenvalue weighted by Gasteiger charge is -2.35. The number of amides is 1. The predicted octanol–water partition coefficient (Wildman–Crippen LogP) is 2.68. The van der Waals surface area contributed by atoms with E-state index in [1.165, 1.54) is 5.56 Å². The molecule has 1 fully saturated rings. The third-order valence-electron chi connectivity index (χ3n) is 3.96. The van der Waals surface area contributed by atoms with Crippen molar-refractivity contribution < 1.29 is 9.53 Å². The minimum absolute atomic E-state index is 0.0284. The molecule has 0 radical (unpaired) electrons. The fourth-order valence-electron chi connectivity index (χ4n) is 2.70.